The number of methoxy groups -OCH3 is 1. The van der Waals surface area contributed by atoms with Crippen molar-refractivity contribution in [2.24, 2.45) is 0 Å². The van der Waals surface area contributed by atoms with Crippen LogP contribution in [0.15, 0.2) is 41.3 Å². The number of carbonyl (C=O) groups is 1. The van der Waals surface area contributed by atoms with E-state index >= 15 is 0 Å². The van der Waals surface area contributed by atoms with Gasteiger partial charge in [0.1, 0.15) is 10.6 Å². The van der Waals surface area contributed by atoms with Gasteiger partial charge < -0.3 is 4.74 Å². The van der Waals surface area contributed by atoms with Crippen LogP contribution in [-0.4, -0.2) is 36.4 Å². The van der Waals surface area contributed by atoms with E-state index in [-0.39, 0.29) is 15.5 Å². The van der Waals surface area contributed by atoms with Gasteiger partial charge in [0.15, 0.2) is 11.4 Å². The Labute approximate surface area is 202 Å². The van der Waals surface area contributed by atoms with Crippen LogP contribution in [0.1, 0.15) is 21.7 Å². The molecule has 1 heterocycles. The van der Waals surface area contributed by atoms with Crippen LogP contribution in [0.2, 0.25) is 10.0 Å². The summed E-state index contributed by atoms with van der Waals surface area (Å²) >= 11 is 11.6. The zero-order valence-corrected chi connectivity index (χ0v) is 19.2. The third kappa shape index (κ3) is 5.46. The Morgan fingerprint density at radius 1 is 1.00 bits per heavy atom. The maximum absolute atomic E-state index is 13.8. The lowest BCUT2D eigenvalue weighted by atomic mass is 10.2. The molecule has 3 aromatic rings. The molecule has 1 aromatic heterocycles. The van der Waals surface area contributed by atoms with E-state index in [0.717, 1.165) is 12.1 Å². The summed E-state index contributed by atoms with van der Waals surface area (Å²) in [5.41, 5.74) is -5.32. The van der Waals surface area contributed by atoms with E-state index in [1.54, 1.807) is 0 Å². The molecular weight excluding hydrogens is 553 g/mol. The van der Waals surface area contributed by atoms with Gasteiger partial charge in [0.05, 0.1) is 28.4 Å². The van der Waals surface area contributed by atoms with Crippen LogP contribution in [-0.2, 0) is 22.4 Å². The zero-order chi connectivity index (χ0) is 26.3. The second-order valence-corrected chi connectivity index (χ2v) is 9.06. The third-order valence-electron chi connectivity index (χ3n) is 4.31. The van der Waals surface area contributed by atoms with Crippen molar-refractivity contribution in [2.45, 2.75) is 17.2 Å². The molecule has 0 aliphatic heterocycles. The molecule has 0 atom stereocenters. The lowest BCUT2D eigenvalue weighted by Crippen LogP contribution is -2.33. The molecule has 0 aliphatic rings. The monoisotopic (exact) mass is 562 g/mol. The first-order chi connectivity index (χ1) is 16.1. The summed E-state index contributed by atoms with van der Waals surface area (Å²) in [5, 5.41) is 5.07. The Morgan fingerprint density at radius 2 is 1.66 bits per heavy atom. The molecule has 35 heavy (non-hydrogen) atoms. The van der Waals surface area contributed by atoms with Gasteiger partial charge in [0, 0.05) is 6.07 Å². The van der Waals surface area contributed by atoms with Crippen molar-refractivity contribution in [1.29, 1.82) is 0 Å². The standard InChI is InChI=1S/C18H10Cl2F6N4O4S/c1-34-9-3-4-10(19)13(7-9)35(32,33)28-16(31)14-15(18(24,25)26)30(29-27-14)12-5-2-8(6-11(12)20)17(21,22)23/h2-7H,1H3,(H,28,31). The summed E-state index contributed by atoms with van der Waals surface area (Å²) in [6.45, 7) is 0. The summed E-state index contributed by atoms with van der Waals surface area (Å²) in [5.74, 6) is -1.83. The van der Waals surface area contributed by atoms with Crippen molar-refractivity contribution < 1.29 is 44.3 Å². The van der Waals surface area contributed by atoms with Crippen molar-refractivity contribution >= 4 is 39.1 Å². The van der Waals surface area contributed by atoms with E-state index < -0.39 is 60.8 Å². The number of aromatic nitrogens is 3. The van der Waals surface area contributed by atoms with E-state index in [2.05, 4.69) is 10.3 Å². The lowest BCUT2D eigenvalue weighted by Gasteiger charge is -2.14. The largest absolute Gasteiger partial charge is 0.497 e. The Morgan fingerprint density at radius 3 is 2.20 bits per heavy atom. The fourth-order valence-electron chi connectivity index (χ4n) is 2.75. The number of halogens is 8. The number of alkyl halides is 6. The second-order valence-electron chi connectivity index (χ2n) is 6.59. The molecule has 0 saturated carbocycles. The van der Waals surface area contributed by atoms with Gasteiger partial charge in [-0.05, 0) is 30.3 Å². The number of rotatable bonds is 5. The number of ether oxygens (including phenoxy) is 1. The Kier molecular flexibility index (Phi) is 6.98. The fourth-order valence-corrected chi connectivity index (χ4v) is 4.48. The van der Waals surface area contributed by atoms with E-state index in [0.29, 0.717) is 18.2 Å². The average molecular weight is 563 g/mol. The van der Waals surface area contributed by atoms with E-state index in [1.807, 2.05) is 0 Å². The molecular formula is C18H10Cl2F6N4O4S. The normalized spacial score (nSPS) is 12.5. The van der Waals surface area contributed by atoms with Crippen molar-refractivity contribution in [3.63, 3.8) is 0 Å². The SMILES string of the molecule is COc1ccc(Cl)c(S(=O)(=O)NC(=O)c2nnn(-c3ccc(C(F)(F)F)cc3Cl)c2C(F)(F)F)c1. The van der Waals surface area contributed by atoms with Crippen LogP contribution in [0.5, 0.6) is 5.75 Å². The first-order valence-electron chi connectivity index (χ1n) is 8.87. The summed E-state index contributed by atoms with van der Waals surface area (Å²) in [7, 11) is -3.62. The first-order valence-corrected chi connectivity index (χ1v) is 11.1. The highest BCUT2D eigenvalue weighted by Crippen LogP contribution is 2.37. The van der Waals surface area contributed by atoms with Gasteiger partial charge in [-0.15, -0.1) is 5.10 Å². The summed E-state index contributed by atoms with van der Waals surface area (Å²) in [4.78, 5) is 11.8. The highest BCUT2D eigenvalue weighted by molar-refractivity contribution is 7.90. The van der Waals surface area contributed by atoms with Crippen LogP contribution >= 0.6 is 23.2 Å². The summed E-state index contributed by atoms with van der Waals surface area (Å²) in [6, 6.07) is 4.71. The van der Waals surface area contributed by atoms with Crippen molar-refractivity contribution in [1.82, 2.24) is 19.7 Å². The highest BCUT2D eigenvalue weighted by atomic mass is 35.5. The Bertz CT molecular complexity index is 1410. The molecule has 188 valence electrons. The van der Waals surface area contributed by atoms with Gasteiger partial charge in [-0.2, -0.15) is 26.3 Å². The molecule has 0 fully saturated rings. The van der Waals surface area contributed by atoms with Gasteiger partial charge >= 0.3 is 12.4 Å². The third-order valence-corrected chi connectivity index (χ3v) is 6.43. The van der Waals surface area contributed by atoms with E-state index in [9.17, 15) is 39.6 Å². The lowest BCUT2D eigenvalue weighted by molar-refractivity contribution is -0.143. The molecule has 0 aliphatic carbocycles. The first kappa shape index (κ1) is 26.6. The maximum Gasteiger partial charge on any atom is 0.435 e. The molecule has 1 amide bonds. The summed E-state index contributed by atoms with van der Waals surface area (Å²) in [6.07, 6.45) is -10.2. The predicted molar refractivity (Wildman–Crippen MR) is 109 cm³/mol. The van der Waals surface area contributed by atoms with E-state index in [4.69, 9.17) is 27.9 Å². The van der Waals surface area contributed by atoms with Crippen LogP contribution < -0.4 is 9.46 Å². The number of amides is 1. The van der Waals surface area contributed by atoms with Gasteiger partial charge in [0.25, 0.3) is 15.9 Å². The Hall–Kier alpha value is -3.04. The minimum absolute atomic E-state index is 0.0149. The number of benzene rings is 2. The number of carbonyl (C=O) groups excluding carboxylic acids is 1. The van der Waals surface area contributed by atoms with Crippen LogP contribution in [0.4, 0.5) is 26.3 Å². The van der Waals surface area contributed by atoms with Crippen LogP contribution in [0.25, 0.3) is 5.69 Å². The predicted octanol–water partition coefficient (Wildman–Crippen LogP) is 4.74. The number of hydrogen-bond acceptors (Lipinski definition) is 6. The van der Waals surface area contributed by atoms with Gasteiger partial charge in [0.2, 0.25) is 0 Å². The summed E-state index contributed by atoms with van der Waals surface area (Å²) < 4.78 is 111. The number of hydrogen-bond donors (Lipinski definition) is 1. The topological polar surface area (TPSA) is 103 Å². The second kappa shape index (κ2) is 9.20. The smallest absolute Gasteiger partial charge is 0.435 e. The molecule has 8 nitrogen and oxygen atoms in total. The van der Waals surface area contributed by atoms with Gasteiger partial charge in [-0.1, -0.05) is 28.4 Å². The average Bonchev–Trinajstić information content (AvgIpc) is 3.18. The number of sulfonamides is 1. The zero-order valence-electron chi connectivity index (χ0n) is 16.9. The van der Waals surface area contributed by atoms with Crippen molar-refractivity contribution in [2.75, 3.05) is 7.11 Å². The fraction of sp³-hybridized carbons (Fsp3) is 0.167. The van der Waals surface area contributed by atoms with Crippen molar-refractivity contribution in [3.05, 3.63) is 63.4 Å². The number of nitrogens with zero attached hydrogens (tertiary/aromatic N) is 3. The molecule has 2 aromatic carbocycles. The Balaban J connectivity index is 2.07. The van der Waals surface area contributed by atoms with Gasteiger partial charge in [-0.25, -0.2) is 17.8 Å². The minimum Gasteiger partial charge on any atom is -0.497 e. The van der Waals surface area contributed by atoms with Crippen LogP contribution in [0, 0.1) is 0 Å². The molecule has 1 N–H and O–H groups in total. The molecule has 0 saturated heterocycles. The molecule has 0 spiro atoms. The van der Waals surface area contributed by atoms with E-state index in [1.165, 1.54) is 17.9 Å². The van der Waals surface area contributed by atoms with Crippen molar-refractivity contribution in [3.8, 4) is 11.4 Å². The number of nitrogens with one attached hydrogen (secondary N) is 1. The maximum atomic E-state index is 13.8. The highest BCUT2D eigenvalue weighted by Gasteiger charge is 2.43. The quantitative estimate of drug-likeness (QED) is 0.450. The molecule has 0 radical (unpaired) electrons. The molecule has 0 bridgehead atoms. The van der Waals surface area contributed by atoms with Crippen LogP contribution in [0.3, 0.4) is 0 Å². The molecule has 17 heteroatoms. The molecule has 0 unspecified atom stereocenters. The van der Waals surface area contributed by atoms with Gasteiger partial charge in [-0.3, -0.25) is 4.79 Å². The minimum atomic E-state index is -5.36. The molecule has 3 rings (SSSR count).